The van der Waals surface area contributed by atoms with E-state index in [1.807, 2.05) is 18.3 Å². The zero-order valence-corrected chi connectivity index (χ0v) is 28.6. The van der Waals surface area contributed by atoms with Crippen molar-refractivity contribution < 1.29 is 25.3 Å². The zero-order valence-electron chi connectivity index (χ0n) is 26.2. The largest absolute Gasteiger partial charge is 0.361 e. The molecule has 2 aliphatic heterocycles. The van der Waals surface area contributed by atoms with E-state index in [0.29, 0.717) is 42.0 Å². The molecule has 2 saturated heterocycles. The minimum absolute atomic E-state index is 0.189. The van der Waals surface area contributed by atoms with Crippen molar-refractivity contribution in [3.05, 3.63) is 91.3 Å². The van der Waals surface area contributed by atoms with Crippen molar-refractivity contribution >= 4 is 51.9 Å². The maximum absolute atomic E-state index is 13.0. The highest BCUT2D eigenvalue weighted by Crippen LogP contribution is 2.28. The van der Waals surface area contributed by atoms with Gasteiger partial charge in [0.1, 0.15) is 0 Å². The molecule has 13 heteroatoms. The molecule has 0 unspecified atom stereocenters. The van der Waals surface area contributed by atoms with Crippen LogP contribution in [-0.4, -0.2) is 69.0 Å². The number of aromatic nitrogens is 2. The van der Waals surface area contributed by atoms with Gasteiger partial charge in [0.05, 0.1) is 20.2 Å². The molecule has 10 nitrogen and oxygen atoms in total. The molecule has 0 bridgehead atoms. The van der Waals surface area contributed by atoms with Gasteiger partial charge in [-0.1, -0.05) is 43.9 Å². The summed E-state index contributed by atoms with van der Waals surface area (Å²) in [6, 6.07) is 21.6. The van der Waals surface area contributed by atoms with Crippen LogP contribution in [0.15, 0.2) is 106 Å². The fourth-order valence-electron chi connectivity index (χ4n) is 6.23. The van der Waals surface area contributed by atoms with Crippen molar-refractivity contribution in [1.29, 1.82) is 0 Å². The lowest BCUT2D eigenvalue weighted by molar-refractivity contribution is 0.423. The Hall–Kier alpha value is -3.49. The molecule has 2 aromatic heterocycles. The van der Waals surface area contributed by atoms with Gasteiger partial charge in [-0.2, -0.15) is 8.61 Å². The van der Waals surface area contributed by atoms with E-state index in [-0.39, 0.29) is 9.79 Å². The molecule has 3 aromatic carbocycles. The molecule has 0 spiro atoms. The number of sulfonamides is 2. The number of rotatable bonds is 6. The molecule has 0 amide bonds. The Kier molecular flexibility index (Phi) is 9.90. The first kappa shape index (κ1) is 33.4. The average molecular weight is 697 g/mol. The maximum atomic E-state index is 13.0. The Morgan fingerprint density at radius 3 is 1.60 bits per heavy atom. The van der Waals surface area contributed by atoms with Crippen molar-refractivity contribution in [3.8, 4) is 0 Å². The Balaban J connectivity index is 0.000000177. The van der Waals surface area contributed by atoms with Crippen molar-refractivity contribution in [1.82, 2.24) is 17.6 Å². The Morgan fingerprint density at radius 2 is 1.02 bits per heavy atom. The van der Waals surface area contributed by atoms with Gasteiger partial charge in [-0.25, -0.2) is 29.2 Å². The second-order valence-corrected chi connectivity index (χ2v) is 17.7. The van der Waals surface area contributed by atoms with E-state index < -0.39 is 30.1 Å². The summed E-state index contributed by atoms with van der Waals surface area (Å²) in [5.41, 5.74) is 1.42. The summed E-state index contributed by atoms with van der Waals surface area (Å²) in [5.74, 6) is 0. The van der Waals surface area contributed by atoms with Gasteiger partial charge in [0.2, 0.25) is 20.0 Å². The van der Waals surface area contributed by atoms with E-state index in [1.165, 1.54) is 16.2 Å². The highest BCUT2D eigenvalue weighted by atomic mass is 32.2. The highest BCUT2D eigenvalue weighted by Gasteiger charge is 2.27. The molecule has 0 saturated carbocycles. The van der Waals surface area contributed by atoms with Gasteiger partial charge in [-0.05, 0) is 86.3 Å². The van der Waals surface area contributed by atoms with Crippen LogP contribution >= 0.6 is 0 Å². The Morgan fingerprint density at radius 1 is 0.489 bits per heavy atom. The number of nitrogens with one attached hydrogen (secondary N) is 1. The molecule has 2 aliphatic rings. The lowest BCUT2D eigenvalue weighted by Gasteiger charge is -2.20. The minimum Gasteiger partial charge on any atom is -0.361 e. The molecular formula is C34H40N4O6S3. The highest BCUT2D eigenvalue weighted by molar-refractivity contribution is 7.90. The van der Waals surface area contributed by atoms with Gasteiger partial charge in [0.15, 0.2) is 0 Å². The molecule has 2 fully saturated rings. The first-order chi connectivity index (χ1) is 22.6. The Bertz CT molecular complexity index is 2160. The normalized spacial score (nSPS) is 17.5. The summed E-state index contributed by atoms with van der Waals surface area (Å²) in [6.07, 6.45) is 11.3. The first-order valence-corrected chi connectivity index (χ1v) is 20.4. The summed E-state index contributed by atoms with van der Waals surface area (Å²) < 4.78 is 81.5. The van der Waals surface area contributed by atoms with Crippen molar-refractivity contribution in [2.24, 2.45) is 0 Å². The van der Waals surface area contributed by atoms with E-state index in [9.17, 15) is 25.3 Å². The molecule has 7 rings (SSSR count). The average Bonchev–Trinajstić information content (AvgIpc) is 3.50. The van der Waals surface area contributed by atoms with E-state index in [2.05, 4.69) is 4.98 Å². The quantitative estimate of drug-likeness (QED) is 0.226. The summed E-state index contributed by atoms with van der Waals surface area (Å²) in [7, 11) is -10.7. The van der Waals surface area contributed by atoms with Crippen molar-refractivity contribution in [2.75, 3.05) is 26.2 Å². The lowest BCUT2D eigenvalue weighted by atomic mass is 10.2. The van der Waals surface area contributed by atoms with E-state index >= 15 is 0 Å². The number of aromatic amines is 1. The van der Waals surface area contributed by atoms with Gasteiger partial charge in [0, 0.05) is 54.9 Å². The standard InChI is InChI=1S/C20H22N2O4S2.C14H18N2O2S/c23-27(24,21-13-6-1-2-7-14-21)19-10-11-20-17(16-19)12-15-22(20)28(25,26)18-8-4-3-5-9-18;17-19(18,16-9-3-1-2-4-10-16)13-5-6-14-12(11-13)7-8-15-14/h3-5,8-12,15-16H,1-2,6-7,13-14H2;5-8,11,15H,1-4,9-10H2. The van der Waals surface area contributed by atoms with E-state index in [1.54, 1.807) is 69.3 Å². The third kappa shape index (κ3) is 7.05. The molecule has 5 aromatic rings. The topological polar surface area (TPSA) is 130 Å². The SMILES string of the molecule is O=S(=O)(c1ccc2[nH]ccc2c1)N1CCCCCC1.O=S(=O)(c1ccc2c(ccn2S(=O)(=O)c2ccccc2)c1)N1CCCCCC1. The number of hydrogen-bond acceptors (Lipinski definition) is 6. The van der Waals surface area contributed by atoms with Crippen molar-refractivity contribution in [2.45, 2.75) is 66.1 Å². The summed E-state index contributed by atoms with van der Waals surface area (Å²) >= 11 is 0. The van der Waals surface area contributed by atoms with Crippen LogP contribution in [0.5, 0.6) is 0 Å². The van der Waals surface area contributed by atoms with E-state index in [0.717, 1.165) is 62.3 Å². The van der Waals surface area contributed by atoms with Gasteiger partial charge >= 0.3 is 0 Å². The van der Waals surface area contributed by atoms with Crippen LogP contribution < -0.4 is 0 Å². The molecule has 0 radical (unpaired) electrons. The number of nitrogens with zero attached hydrogens (tertiary/aromatic N) is 3. The second kappa shape index (κ2) is 13.9. The fourth-order valence-corrected chi connectivity index (χ4v) is 10.7. The van der Waals surface area contributed by atoms with Crippen LogP contribution in [0.2, 0.25) is 0 Å². The summed E-state index contributed by atoms with van der Waals surface area (Å²) in [4.78, 5) is 3.88. The van der Waals surface area contributed by atoms with Crippen LogP contribution in [0.1, 0.15) is 51.4 Å². The predicted octanol–water partition coefficient (Wildman–Crippen LogP) is 6.18. The predicted molar refractivity (Wildman–Crippen MR) is 184 cm³/mol. The zero-order chi connectivity index (χ0) is 33.1. The molecular weight excluding hydrogens is 657 g/mol. The minimum atomic E-state index is -3.74. The monoisotopic (exact) mass is 696 g/mol. The molecule has 0 atom stereocenters. The molecule has 0 aliphatic carbocycles. The van der Waals surface area contributed by atoms with E-state index in [4.69, 9.17) is 0 Å². The third-order valence-electron chi connectivity index (χ3n) is 8.86. The summed E-state index contributed by atoms with van der Waals surface area (Å²) in [6.45, 7) is 2.36. The van der Waals surface area contributed by atoms with Crippen LogP contribution in [-0.2, 0) is 30.1 Å². The number of fused-ring (bicyclic) bond motifs is 2. The van der Waals surface area contributed by atoms with Crippen molar-refractivity contribution in [3.63, 3.8) is 0 Å². The molecule has 47 heavy (non-hydrogen) atoms. The fraction of sp³-hybridized carbons (Fsp3) is 0.353. The molecule has 4 heterocycles. The molecule has 1 N–H and O–H groups in total. The first-order valence-electron chi connectivity index (χ1n) is 16.1. The molecule has 250 valence electrons. The van der Waals surface area contributed by atoms with Crippen LogP contribution in [0, 0.1) is 0 Å². The van der Waals surface area contributed by atoms with Gasteiger partial charge in [0.25, 0.3) is 10.0 Å². The number of benzene rings is 3. The van der Waals surface area contributed by atoms with Crippen LogP contribution in [0.3, 0.4) is 0 Å². The van der Waals surface area contributed by atoms with Gasteiger partial charge < -0.3 is 4.98 Å². The number of H-pyrrole nitrogens is 1. The second-order valence-electron chi connectivity index (χ2n) is 12.0. The van der Waals surface area contributed by atoms with Gasteiger partial charge in [-0.3, -0.25) is 0 Å². The maximum Gasteiger partial charge on any atom is 0.268 e. The smallest absolute Gasteiger partial charge is 0.268 e. The van der Waals surface area contributed by atoms with Gasteiger partial charge in [-0.15, -0.1) is 0 Å². The number of hydrogen-bond donors (Lipinski definition) is 1. The Labute approximate surface area is 277 Å². The third-order valence-corrected chi connectivity index (χ3v) is 14.3. The van der Waals surface area contributed by atoms with Crippen LogP contribution in [0.4, 0.5) is 0 Å². The summed E-state index contributed by atoms with van der Waals surface area (Å²) in [5, 5.41) is 1.52. The van der Waals surface area contributed by atoms with Crippen LogP contribution in [0.25, 0.3) is 21.8 Å². The lowest BCUT2D eigenvalue weighted by Crippen LogP contribution is -2.31.